The Balaban J connectivity index is 2.87. The van der Waals surface area contributed by atoms with Crippen LogP contribution in [-0.4, -0.2) is 11.1 Å². The third-order valence-corrected chi connectivity index (χ3v) is 2.42. The van der Waals surface area contributed by atoms with E-state index in [9.17, 15) is 4.79 Å². The molecule has 0 aromatic heterocycles. The standard InChI is InChI=1S/C12H16O2/c1-3-5-9(2)10-6-4-7-11(8-10)12(13)14/h4,6-9H,3,5H2,1-2H3,(H,13,14). The number of aromatic carboxylic acids is 1. The first kappa shape index (κ1) is 10.8. The van der Waals surface area contributed by atoms with Gasteiger partial charge in [-0.1, -0.05) is 32.4 Å². The molecule has 0 bridgehead atoms. The van der Waals surface area contributed by atoms with Crippen molar-refractivity contribution in [2.75, 3.05) is 0 Å². The maximum absolute atomic E-state index is 10.7. The molecule has 76 valence electrons. The lowest BCUT2D eigenvalue weighted by Crippen LogP contribution is -1.99. The maximum Gasteiger partial charge on any atom is 0.335 e. The Labute approximate surface area is 84.6 Å². The van der Waals surface area contributed by atoms with E-state index in [0.29, 0.717) is 11.5 Å². The lowest BCUT2D eigenvalue weighted by atomic mass is 9.95. The molecule has 1 atom stereocenters. The van der Waals surface area contributed by atoms with E-state index in [1.54, 1.807) is 12.1 Å². The summed E-state index contributed by atoms with van der Waals surface area (Å²) in [6, 6.07) is 7.20. The van der Waals surface area contributed by atoms with E-state index >= 15 is 0 Å². The smallest absolute Gasteiger partial charge is 0.335 e. The number of hydrogen-bond acceptors (Lipinski definition) is 1. The van der Waals surface area contributed by atoms with Crippen molar-refractivity contribution >= 4 is 5.97 Å². The zero-order valence-electron chi connectivity index (χ0n) is 8.66. The number of carboxylic acids is 1. The molecule has 1 aromatic rings. The highest BCUT2D eigenvalue weighted by molar-refractivity contribution is 5.87. The van der Waals surface area contributed by atoms with Crippen LogP contribution in [-0.2, 0) is 0 Å². The average molecular weight is 192 g/mol. The minimum atomic E-state index is -0.851. The van der Waals surface area contributed by atoms with E-state index in [-0.39, 0.29) is 0 Å². The molecule has 0 aliphatic heterocycles. The highest BCUT2D eigenvalue weighted by Crippen LogP contribution is 2.21. The summed E-state index contributed by atoms with van der Waals surface area (Å²) < 4.78 is 0. The molecule has 0 saturated heterocycles. The van der Waals surface area contributed by atoms with Crippen LogP contribution in [0, 0.1) is 0 Å². The molecule has 2 heteroatoms. The molecule has 0 radical (unpaired) electrons. The normalized spacial score (nSPS) is 12.4. The van der Waals surface area contributed by atoms with Crippen molar-refractivity contribution in [2.45, 2.75) is 32.6 Å². The first-order valence-electron chi connectivity index (χ1n) is 4.98. The molecule has 1 unspecified atom stereocenters. The van der Waals surface area contributed by atoms with Crippen molar-refractivity contribution in [2.24, 2.45) is 0 Å². The molecule has 0 spiro atoms. The number of hydrogen-bond donors (Lipinski definition) is 1. The Morgan fingerprint density at radius 3 is 2.79 bits per heavy atom. The molecule has 0 aliphatic carbocycles. The van der Waals surface area contributed by atoms with Gasteiger partial charge in [-0.3, -0.25) is 0 Å². The van der Waals surface area contributed by atoms with Crippen molar-refractivity contribution in [1.29, 1.82) is 0 Å². The lowest BCUT2D eigenvalue weighted by molar-refractivity contribution is 0.0697. The van der Waals surface area contributed by atoms with Crippen molar-refractivity contribution in [3.05, 3.63) is 35.4 Å². The van der Waals surface area contributed by atoms with Crippen LogP contribution in [0.15, 0.2) is 24.3 Å². The van der Waals surface area contributed by atoms with Gasteiger partial charge in [0.1, 0.15) is 0 Å². The van der Waals surface area contributed by atoms with E-state index in [1.807, 2.05) is 12.1 Å². The summed E-state index contributed by atoms with van der Waals surface area (Å²) in [5.41, 5.74) is 1.50. The van der Waals surface area contributed by atoms with Gasteiger partial charge in [-0.2, -0.15) is 0 Å². The van der Waals surface area contributed by atoms with Crippen LogP contribution in [0.25, 0.3) is 0 Å². The van der Waals surface area contributed by atoms with E-state index in [0.717, 1.165) is 18.4 Å². The number of carbonyl (C=O) groups is 1. The summed E-state index contributed by atoms with van der Waals surface area (Å²) in [6.45, 7) is 4.27. The number of carboxylic acid groups (broad SMARTS) is 1. The molecule has 0 fully saturated rings. The Kier molecular flexibility index (Phi) is 3.69. The SMILES string of the molecule is CCCC(C)c1cccc(C(=O)O)c1. The van der Waals surface area contributed by atoms with Gasteiger partial charge in [0, 0.05) is 0 Å². The Morgan fingerprint density at radius 2 is 2.21 bits per heavy atom. The summed E-state index contributed by atoms with van der Waals surface area (Å²) in [5, 5.41) is 8.82. The van der Waals surface area contributed by atoms with Crippen molar-refractivity contribution in [3.63, 3.8) is 0 Å². The van der Waals surface area contributed by atoms with Crippen LogP contribution in [0.4, 0.5) is 0 Å². The summed E-state index contributed by atoms with van der Waals surface area (Å²) in [4.78, 5) is 10.7. The molecule has 0 saturated carbocycles. The van der Waals surface area contributed by atoms with E-state index in [4.69, 9.17) is 5.11 Å². The van der Waals surface area contributed by atoms with Crippen molar-refractivity contribution in [1.82, 2.24) is 0 Å². The molecule has 1 rings (SSSR count). The first-order chi connectivity index (χ1) is 6.65. The molecule has 0 amide bonds. The second kappa shape index (κ2) is 4.80. The fourth-order valence-electron chi connectivity index (χ4n) is 1.58. The van der Waals surface area contributed by atoms with E-state index in [2.05, 4.69) is 13.8 Å². The molecule has 1 aromatic carbocycles. The second-order valence-electron chi connectivity index (χ2n) is 3.62. The predicted molar refractivity (Wildman–Crippen MR) is 56.7 cm³/mol. The summed E-state index contributed by atoms with van der Waals surface area (Å²) in [5.74, 6) is -0.408. The minimum absolute atomic E-state index is 0.380. The molecule has 0 aliphatic rings. The van der Waals surface area contributed by atoms with Gasteiger partial charge < -0.3 is 5.11 Å². The van der Waals surface area contributed by atoms with Gasteiger partial charge >= 0.3 is 5.97 Å². The lowest BCUT2D eigenvalue weighted by Gasteiger charge is -2.10. The predicted octanol–water partition coefficient (Wildman–Crippen LogP) is 3.29. The fourth-order valence-corrected chi connectivity index (χ4v) is 1.58. The topological polar surface area (TPSA) is 37.3 Å². The third-order valence-electron chi connectivity index (χ3n) is 2.42. The van der Waals surface area contributed by atoms with Crippen molar-refractivity contribution in [3.8, 4) is 0 Å². The van der Waals surface area contributed by atoms with Crippen LogP contribution in [0.1, 0.15) is 48.5 Å². The molecule has 2 nitrogen and oxygen atoms in total. The van der Waals surface area contributed by atoms with Crippen LogP contribution < -0.4 is 0 Å². The van der Waals surface area contributed by atoms with Crippen LogP contribution in [0.5, 0.6) is 0 Å². The molecular weight excluding hydrogens is 176 g/mol. The zero-order chi connectivity index (χ0) is 10.6. The average Bonchev–Trinajstić information content (AvgIpc) is 2.18. The second-order valence-corrected chi connectivity index (χ2v) is 3.62. The number of rotatable bonds is 4. The maximum atomic E-state index is 10.7. The highest BCUT2D eigenvalue weighted by atomic mass is 16.4. The molecule has 1 N–H and O–H groups in total. The van der Waals surface area contributed by atoms with Gasteiger partial charge in [0.05, 0.1) is 5.56 Å². The van der Waals surface area contributed by atoms with Gasteiger partial charge in [0.15, 0.2) is 0 Å². The molecule has 0 heterocycles. The van der Waals surface area contributed by atoms with Gasteiger partial charge in [0.2, 0.25) is 0 Å². The summed E-state index contributed by atoms with van der Waals surface area (Å²) in [7, 11) is 0. The first-order valence-corrected chi connectivity index (χ1v) is 4.98. The van der Waals surface area contributed by atoms with Gasteiger partial charge in [-0.05, 0) is 30.0 Å². The Hall–Kier alpha value is -1.31. The van der Waals surface area contributed by atoms with Crippen LogP contribution in [0.2, 0.25) is 0 Å². The van der Waals surface area contributed by atoms with Gasteiger partial charge in [-0.25, -0.2) is 4.79 Å². The Morgan fingerprint density at radius 1 is 1.50 bits per heavy atom. The van der Waals surface area contributed by atoms with Gasteiger partial charge in [-0.15, -0.1) is 0 Å². The van der Waals surface area contributed by atoms with Crippen molar-refractivity contribution < 1.29 is 9.90 Å². The number of benzene rings is 1. The van der Waals surface area contributed by atoms with Crippen LogP contribution >= 0.6 is 0 Å². The Bertz CT molecular complexity index is 318. The largest absolute Gasteiger partial charge is 0.478 e. The van der Waals surface area contributed by atoms with Crippen LogP contribution in [0.3, 0.4) is 0 Å². The zero-order valence-corrected chi connectivity index (χ0v) is 8.66. The minimum Gasteiger partial charge on any atom is -0.478 e. The van der Waals surface area contributed by atoms with E-state index < -0.39 is 5.97 Å². The summed E-state index contributed by atoms with van der Waals surface area (Å²) in [6.07, 6.45) is 2.22. The monoisotopic (exact) mass is 192 g/mol. The molecule has 14 heavy (non-hydrogen) atoms. The summed E-state index contributed by atoms with van der Waals surface area (Å²) >= 11 is 0. The van der Waals surface area contributed by atoms with Gasteiger partial charge in [0.25, 0.3) is 0 Å². The van der Waals surface area contributed by atoms with E-state index in [1.165, 1.54) is 0 Å². The highest BCUT2D eigenvalue weighted by Gasteiger charge is 2.07. The quantitative estimate of drug-likeness (QED) is 0.794. The third kappa shape index (κ3) is 2.59. The molecular formula is C12H16O2. The fraction of sp³-hybridized carbons (Fsp3) is 0.417.